The molecule has 7 heteroatoms. The Morgan fingerprint density at radius 1 is 0.963 bits per heavy atom. The summed E-state index contributed by atoms with van der Waals surface area (Å²) in [4.78, 5) is 30.0. The van der Waals surface area contributed by atoms with Gasteiger partial charge in [-0.3, -0.25) is 9.36 Å². The third kappa shape index (κ3) is 4.35. The second kappa shape index (κ2) is 7.76. The number of rotatable bonds is 6. The zero-order valence-electron chi connectivity index (χ0n) is 16.2. The Kier molecular flexibility index (Phi) is 5.20. The number of piperidine rings is 1. The van der Waals surface area contributed by atoms with Crippen molar-refractivity contribution in [3.63, 3.8) is 0 Å². The Morgan fingerprint density at radius 2 is 1.67 bits per heavy atom. The minimum atomic E-state index is 0.0384. The number of nitrogens with zero attached hydrogens (tertiary/aromatic N) is 6. The van der Waals surface area contributed by atoms with Crippen molar-refractivity contribution < 1.29 is 0 Å². The number of aryl methyl sites for hydroxylation is 2. The van der Waals surface area contributed by atoms with E-state index in [0.717, 1.165) is 49.7 Å². The van der Waals surface area contributed by atoms with Crippen molar-refractivity contribution in [2.45, 2.75) is 58.2 Å². The molecule has 0 spiro atoms. The number of aromatic nitrogens is 4. The van der Waals surface area contributed by atoms with E-state index in [1.54, 1.807) is 23.3 Å². The summed E-state index contributed by atoms with van der Waals surface area (Å²) in [5.74, 6) is 1.08. The van der Waals surface area contributed by atoms with Crippen LogP contribution in [0.3, 0.4) is 0 Å². The molecule has 2 aliphatic rings. The van der Waals surface area contributed by atoms with Gasteiger partial charge in [0.15, 0.2) is 0 Å². The molecule has 1 aliphatic heterocycles. The van der Waals surface area contributed by atoms with Gasteiger partial charge in [-0.1, -0.05) is 0 Å². The fraction of sp³-hybridized carbons (Fsp3) is 0.600. The summed E-state index contributed by atoms with van der Waals surface area (Å²) >= 11 is 0. The topological polar surface area (TPSA) is 67.2 Å². The zero-order valence-corrected chi connectivity index (χ0v) is 16.2. The Labute approximate surface area is 160 Å². The number of hydrogen-bond donors (Lipinski definition) is 0. The Balaban J connectivity index is 1.34. The van der Waals surface area contributed by atoms with Crippen LogP contribution in [0.2, 0.25) is 0 Å². The maximum atomic E-state index is 12.0. The predicted molar refractivity (Wildman–Crippen MR) is 105 cm³/mol. The Morgan fingerprint density at radius 3 is 2.33 bits per heavy atom. The van der Waals surface area contributed by atoms with Crippen molar-refractivity contribution in [1.29, 1.82) is 0 Å². The molecule has 2 aromatic heterocycles. The molecule has 2 aromatic rings. The standard InChI is InChI=1S/C20H28N6O/c1-15-11-19(22-13-21-15)26(17-3-4-17)18-5-7-24(8-6-18)9-10-25-14-23-16(2)12-20(25)27/h11-14,17-18H,3-10H2,1-2H3. The van der Waals surface area contributed by atoms with Gasteiger partial charge in [-0.05, 0) is 39.5 Å². The molecule has 4 rings (SSSR count). The highest BCUT2D eigenvalue weighted by Crippen LogP contribution is 2.35. The van der Waals surface area contributed by atoms with E-state index in [-0.39, 0.29) is 5.56 Å². The predicted octanol–water partition coefficient (Wildman–Crippen LogP) is 1.78. The minimum absolute atomic E-state index is 0.0384. The van der Waals surface area contributed by atoms with Crippen LogP contribution in [0.1, 0.15) is 37.1 Å². The minimum Gasteiger partial charge on any atom is -0.350 e. The largest absolute Gasteiger partial charge is 0.350 e. The molecule has 0 aromatic carbocycles. The zero-order chi connectivity index (χ0) is 18.8. The van der Waals surface area contributed by atoms with Crippen molar-refractivity contribution >= 4 is 5.82 Å². The van der Waals surface area contributed by atoms with Gasteiger partial charge in [-0.2, -0.15) is 0 Å². The van der Waals surface area contributed by atoms with Crippen molar-refractivity contribution in [2.75, 3.05) is 24.5 Å². The maximum Gasteiger partial charge on any atom is 0.253 e. The van der Waals surface area contributed by atoms with E-state index >= 15 is 0 Å². The van der Waals surface area contributed by atoms with E-state index < -0.39 is 0 Å². The lowest BCUT2D eigenvalue weighted by molar-refractivity contribution is 0.200. The van der Waals surface area contributed by atoms with Crippen LogP contribution < -0.4 is 10.5 Å². The van der Waals surface area contributed by atoms with Gasteiger partial charge in [0, 0.05) is 61.8 Å². The molecule has 1 aliphatic carbocycles. The fourth-order valence-electron chi connectivity index (χ4n) is 3.96. The van der Waals surface area contributed by atoms with Gasteiger partial charge in [-0.25, -0.2) is 15.0 Å². The van der Waals surface area contributed by atoms with Crippen LogP contribution in [0.25, 0.3) is 0 Å². The molecule has 0 unspecified atom stereocenters. The highest BCUT2D eigenvalue weighted by atomic mass is 16.1. The van der Waals surface area contributed by atoms with Gasteiger partial charge in [0.1, 0.15) is 12.1 Å². The molecule has 144 valence electrons. The lowest BCUT2D eigenvalue weighted by Crippen LogP contribution is -2.47. The molecule has 1 saturated carbocycles. The molecule has 3 heterocycles. The normalized spacial score (nSPS) is 18.6. The van der Waals surface area contributed by atoms with Crippen LogP contribution in [0, 0.1) is 13.8 Å². The van der Waals surface area contributed by atoms with E-state index in [9.17, 15) is 4.79 Å². The van der Waals surface area contributed by atoms with Gasteiger partial charge < -0.3 is 9.80 Å². The first kappa shape index (κ1) is 18.1. The van der Waals surface area contributed by atoms with Crippen LogP contribution in [0.4, 0.5) is 5.82 Å². The second-order valence-corrected chi connectivity index (χ2v) is 7.79. The highest BCUT2D eigenvalue weighted by Gasteiger charge is 2.36. The summed E-state index contributed by atoms with van der Waals surface area (Å²) in [6.07, 6.45) is 8.17. The molecular formula is C20H28N6O. The first-order valence-corrected chi connectivity index (χ1v) is 9.92. The second-order valence-electron chi connectivity index (χ2n) is 7.79. The molecule has 2 fully saturated rings. The number of likely N-dealkylation sites (tertiary alicyclic amines) is 1. The summed E-state index contributed by atoms with van der Waals surface area (Å²) in [5.41, 5.74) is 1.84. The number of anilines is 1. The van der Waals surface area contributed by atoms with Crippen LogP contribution in [0.5, 0.6) is 0 Å². The van der Waals surface area contributed by atoms with Crippen LogP contribution in [-0.2, 0) is 6.54 Å². The third-order valence-corrected chi connectivity index (χ3v) is 5.62. The molecule has 7 nitrogen and oxygen atoms in total. The van der Waals surface area contributed by atoms with E-state index in [2.05, 4.69) is 30.8 Å². The lowest BCUT2D eigenvalue weighted by atomic mass is 10.0. The summed E-state index contributed by atoms with van der Waals surface area (Å²) in [6.45, 7) is 7.60. The fourth-order valence-corrected chi connectivity index (χ4v) is 3.96. The molecule has 0 amide bonds. The summed E-state index contributed by atoms with van der Waals surface area (Å²) in [6, 6.07) is 4.91. The number of hydrogen-bond acceptors (Lipinski definition) is 6. The lowest BCUT2D eigenvalue weighted by Gasteiger charge is -2.39. The molecule has 0 N–H and O–H groups in total. The van der Waals surface area contributed by atoms with Crippen LogP contribution >= 0.6 is 0 Å². The SMILES string of the molecule is Cc1cc(N(C2CC2)C2CCN(CCn3cnc(C)cc3=O)CC2)ncn1. The summed E-state index contributed by atoms with van der Waals surface area (Å²) in [5, 5.41) is 0. The van der Waals surface area contributed by atoms with E-state index in [4.69, 9.17) is 0 Å². The van der Waals surface area contributed by atoms with Crippen molar-refractivity contribution in [3.8, 4) is 0 Å². The quantitative estimate of drug-likeness (QED) is 0.774. The molecule has 1 saturated heterocycles. The van der Waals surface area contributed by atoms with Crippen molar-refractivity contribution in [3.05, 3.63) is 46.5 Å². The van der Waals surface area contributed by atoms with Crippen LogP contribution in [0.15, 0.2) is 29.6 Å². The third-order valence-electron chi connectivity index (χ3n) is 5.62. The van der Waals surface area contributed by atoms with Gasteiger partial charge >= 0.3 is 0 Å². The summed E-state index contributed by atoms with van der Waals surface area (Å²) in [7, 11) is 0. The molecule has 0 radical (unpaired) electrons. The van der Waals surface area contributed by atoms with Gasteiger partial charge in [-0.15, -0.1) is 0 Å². The first-order chi connectivity index (χ1) is 13.1. The summed E-state index contributed by atoms with van der Waals surface area (Å²) < 4.78 is 1.71. The Hall–Kier alpha value is -2.28. The van der Waals surface area contributed by atoms with Crippen molar-refractivity contribution in [1.82, 2.24) is 24.4 Å². The molecular weight excluding hydrogens is 340 g/mol. The molecule has 0 bridgehead atoms. The monoisotopic (exact) mass is 368 g/mol. The first-order valence-electron chi connectivity index (χ1n) is 9.92. The van der Waals surface area contributed by atoms with Gasteiger partial charge in [0.05, 0.1) is 6.33 Å². The highest BCUT2D eigenvalue weighted by molar-refractivity contribution is 5.43. The van der Waals surface area contributed by atoms with Gasteiger partial charge in [0.25, 0.3) is 5.56 Å². The maximum absolute atomic E-state index is 12.0. The average molecular weight is 368 g/mol. The van der Waals surface area contributed by atoms with Gasteiger partial charge in [0.2, 0.25) is 0 Å². The molecule has 0 atom stereocenters. The molecule has 27 heavy (non-hydrogen) atoms. The average Bonchev–Trinajstić information content (AvgIpc) is 3.47. The van der Waals surface area contributed by atoms with E-state index in [1.165, 1.54) is 12.8 Å². The Bertz CT molecular complexity index is 838. The smallest absolute Gasteiger partial charge is 0.253 e. The van der Waals surface area contributed by atoms with Crippen LogP contribution in [-0.4, -0.2) is 56.1 Å². The van der Waals surface area contributed by atoms with E-state index in [1.807, 2.05) is 13.8 Å². The van der Waals surface area contributed by atoms with Crippen molar-refractivity contribution in [2.24, 2.45) is 0 Å². The van der Waals surface area contributed by atoms with E-state index in [0.29, 0.717) is 18.6 Å².